The van der Waals surface area contributed by atoms with Gasteiger partial charge in [0.2, 0.25) is 0 Å². The van der Waals surface area contributed by atoms with E-state index in [1.54, 1.807) is 0 Å². The van der Waals surface area contributed by atoms with Crippen LogP contribution in [0.1, 0.15) is 64.7 Å². The largest absolute Gasteiger partial charge is 0.453 e. The summed E-state index contributed by atoms with van der Waals surface area (Å²) in [5, 5.41) is 8.25. The number of alkyl halides is 10. The lowest BCUT2D eigenvalue weighted by Crippen LogP contribution is -2.36. The molecule has 0 aliphatic heterocycles. The van der Waals surface area contributed by atoms with Gasteiger partial charge in [0.25, 0.3) is 0 Å². The minimum absolute atomic E-state index is 0.0691. The number of aliphatic hydroxyl groups is 1. The molecule has 0 heterocycles. The van der Waals surface area contributed by atoms with Crippen LogP contribution < -0.4 is 0 Å². The Bertz CT molecular complexity index is 315. The summed E-state index contributed by atoms with van der Waals surface area (Å²) in [6.45, 7) is 1.68. The van der Waals surface area contributed by atoms with Crippen LogP contribution >= 0.6 is 0 Å². The molecular weight excluding hydrogens is 386 g/mol. The van der Waals surface area contributed by atoms with Crippen molar-refractivity contribution in [3.8, 4) is 0 Å². The molecule has 0 aliphatic rings. The minimum Gasteiger partial charge on any atom is -0.396 e. The van der Waals surface area contributed by atoms with Crippen LogP contribution in [0.5, 0.6) is 0 Å². The van der Waals surface area contributed by atoms with E-state index in [4.69, 9.17) is 5.11 Å². The van der Waals surface area contributed by atoms with Gasteiger partial charge in [-0.3, -0.25) is 0 Å². The molecule has 0 aliphatic carbocycles. The second kappa shape index (κ2) is 11.9. The Morgan fingerprint density at radius 1 is 0.538 bits per heavy atom. The van der Waals surface area contributed by atoms with Crippen LogP contribution in [0.2, 0.25) is 0 Å². The van der Waals surface area contributed by atoms with E-state index in [1.165, 1.54) is 0 Å². The maximum Gasteiger partial charge on any atom is 0.453 e. The quantitative estimate of drug-likeness (QED) is 0.307. The lowest BCUT2D eigenvalue weighted by molar-refractivity contribution is -0.284. The highest BCUT2D eigenvalue weighted by atomic mass is 19.4. The Morgan fingerprint density at radius 3 is 1.15 bits per heavy atom. The van der Waals surface area contributed by atoms with Gasteiger partial charge in [-0.15, -0.1) is 0 Å². The van der Waals surface area contributed by atoms with Gasteiger partial charge in [-0.2, -0.15) is 43.9 Å². The molecular formula is C15H24F10O. The fourth-order valence-corrected chi connectivity index (χ4v) is 1.69. The first-order chi connectivity index (χ1) is 11.6. The summed E-state index contributed by atoms with van der Waals surface area (Å²) in [6, 6.07) is 0. The smallest absolute Gasteiger partial charge is 0.396 e. The van der Waals surface area contributed by atoms with Gasteiger partial charge in [-0.25, -0.2) is 0 Å². The molecule has 0 saturated heterocycles. The average Bonchev–Trinajstić information content (AvgIpc) is 2.46. The number of halogens is 10. The van der Waals surface area contributed by atoms with Gasteiger partial charge < -0.3 is 5.11 Å². The van der Waals surface area contributed by atoms with Crippen LogP contribution in [0.3, 0.4) is 0 Å². The molecule has 0 saturated carbocycles. The van der Waals surface area contributed by atoms with Gasteiger partial charge in [-0.05, 0) is 19.3 Å². The molecule has 0 spiro atoms. The SMILES string of the molecule is CCCCCCC(F)(F)C(F)(F)F.OCCCCCC(F)(F)C(F)(F)F. The molecule has 0 unspecified atom stereocenters. The molecule has 0 radical (unpaired) electrons. The van der Waals surface area contributed by atoms with Gasteiger partial charge >= 0.3 is 24.2 Å². The van der Waals surface area contributed by atoms with E-state index in [-0.39, 0.29) is 32.3 Å². The molecule has 0 aromatic carbocycles. The van der Waals surface area contributed by atoms with Gasteiger partial charge in [0.15, 0.2) is 0 Å². The number of hydrogen-bond donors (Lipinski definition) is 1. The van der Waals surface area contributed by atoms with Gasteiger partial charge in [0.05, 0.1) is 0 Å². The fourth-order valence-electron chi connectivity index (χ4n) is 1.69. The summed E-state index contributed by atoms with van der Waals surface area (Å²) in [4.78, 5) is 0. The van der Waals surface area contributed by atoms with E-state index >= 15 is 0 Å². The molecule has 26 heavy (non-hydrogen) atoms. The Balaban J connectivity index is 0. The van der Waals surface area contributed by atoms with Gasteiger partial charge in [-0.1, -0.05) is 32.6 Å². The predicted molar refractivity (Wildman–Crippen MR) is 76.3 cm³/mol. The first-order valence-electron chi connectivity index (χ1n) is 8.12. The lowest BCUT2D eigenvalue weighted by atomic mass is 10.1. The maximum absolute atomic E-state index is 12.2. The Kier molecular flexibility index (Phi) is 12.5. The van der Waals surface area contributed by atoms with Crippen LogP contribution in [0.25, 0.3) is 0 Å². The number of aliphatic hydroxyl groups excluding tert-OH is 1. The molecule has 0 amide bonds. The second-order valence-electron chi connectivity index (χ2n) is 5.75. The zero-order valence-corrected chi connectivity index (χ0v) is 14.3. The van der Waals surface area contributed by atoms with Crippen LogP contribution in [-0.2, 0) is 0 Å². The third-order valence-electron chi connectivity index (χ3n) is 3.32. The monoisotopic (exact) mass is 410 g/mol. The summed E-state index contributed by atoms with van der Waals surface area (Å²) in [6.07, 6.45) is -11.0. The van der Waals surface area contributed by atoms with Crippen molar-refractivity contribution in [1.29, 1.82) is 0 Å². The average molecular weight is 410 g/mol. The number of unbranched alkanes of at least 4 members (excludes halogenated alkanes) is 5. The van der Waals surface area contributed by atoms with E-state index in [0.717, 1.165) is 6.42 Å². The summed E-state index contributed by atoms with van der Waals surface area (Å²) in [5.41, 5.74) is 0. The molecule has 0 atom stereocenters. The van der Waals surface area contributed by atoms with E-state index in [0.29, 0.717) is 12.8 Å². The first-order valence-corrected chi connectivity index (χ1v) is 8.12. The first kappa shape index (κ1) is 27.5. The second-order valence-corrected chi connectivity index (χ2v) is 5.75. The third kappa shape index (κ3) is 11.8. The highest BCUT2D eigenvalue weighted by Gasteiger charge is 2.57. The van der Waals surface area contributed by atoms with E-state index < -0.39 is 37.0 Å². The third-order valence-corrected chi connectivity index (χ3v) is 3.32. The summed E-state index contributed by atoms with van der Waals surface area (Å²) in [5.74, 6) is -9.11. The van der Waals surface area contributed by atoms with E-state index in [9.17, 15) is 43.9 Å². The van der Waals surface area contributed by atoms with Crippen LogP contribution in [-0.4, -0.2) is 35.9 Å². The minimum atomic E-state index is -5.45. The molecule has 0 bridgehead atoms. The molecule has 1 N–H and O–H groups in total. The van der Waals surface area contributed by atoms with Crippen LogP contribution in [0.4, 0.5) is 43.9 Å². The molecule has 0 aromatic heterocycles. The van der Waals surface area contributed by atoms with Crippen LogP contribution in [0, 0.1) is 0 Å². The Labute approximate surface area is 145 Å². The number of hydrogen-bond acceptors (Lipinski definition) is 1. The zero-order chi connectivity index (χ0) is 21.1. The molecule has 0 fully saturated rings. The van der Waals surface area contributed by atoms with Crippen molar-refractivity contribution >= 4 is 0 Å². The molecule has 11 heteroatoms. The zero-order valence-electron chi connectivity index (χ0n) is 14.3. The van der Waals surface area contributed by atoms with Crippen molar-refractivity contribution in [3.63, 3.8) is 0 Å². The van der Waals surface area contributed by atoms with Crippen molar-refractivity contribution in [2.45, 2.75) is 88.9 Å². The Hall–Kier alpha value is -0.740. The normalized spacial score (nSPS) is 13.4. The lowest BCUT2D eigenvalue weighted by Gasteiger charge is -2.18. The molecule has 0 rings (SSSR count). The summed E-state index contributed by atoms with van der Waals surface area (Å²) >= 11 is 0. The van der Waals surface area contributed by atoms with Crippen LogP contribution in [0.15, 0.2) is 0 Å². The fraction of sp³-hybridized carbons (Fsp3) is 1.00. The molecule has 0 aromatic rings. The Morgan fingerprint density at radius 2 is 0.885 bits per heavy atom. The summed E-state index contributed by atoms with van der Waals surface area (Å²) < 4.78 is 118. The van der Waals surface area contributed by atoms with Gasteiger partial charge in [0.1, 0.15) is 0 Å². The maximum atomic E-state index is 12.2. The van der Waals surface area contributed by atoms with Crippen molar-refractivity contribution < 1.29 is 49.0 Å². The molecule has 160 valence electrons. The topological polar surface area (TPSA) is 20.2 Å². The highest BCUT2D eigenvalue weighted by molar-refractivity contribution is 4.75. The predicted octanol–water partition coefficient (Wildman–Crippen LogP) is 6.89. The van der Waals surface area contributed by atoms with Crippen molar-refractivity contribution in [2.24, 2.45) is 0 Å². The molecule has 1 nitrogen and oxygen atoms in total. The standard InChI is InChI=1S/C8H13F5.C7H11F5O/c1-2-3-4-5-6-7(9,10)8(11,12)13;8-6(9,7(10,11)12)4-2-1-3-5-13/h2-6H2,1H3;13H,1-5H2. The van der Waals surface area contributed by atoms with Crippen molar-refractivity contribution in [3.05, 3.63) is 0 Å². The van der Waals surface area contributed by atoms with Crippen molar-refractivity contribution in [1.82, 2.24) is 0 Å². The summed E-state index contributed by atoms with van der Waals surface area (Å²) in [7, 11) is 0. The number of rotatable bonds is 10. The van der Waals surface area contributed by atoms with Gasteiger partial charge in [0, 0.05) is 19.4 Å². The highest BCUT2D eigenvalue weighted by Crippen LogP contribution is 2.40. The van der Waals surface area contributed by atoms with E-state index in [2.05, 4.69) is 0 Å². The van der Waals surface area contributed by atoms with E-state index in [1.807, 2.05) is 6.92 Å². The van der Waals surface area contributed by atoms with Crippen molar-refractivity contribution in [2.75, 3.05) is 6.61 Å².